The molecule has 0 atom stereocenters. The summed E-state index contributed by atoms with van der Waals surface area (Å²) in [5.41, 5.74) is 22.1. The average Bonchev–Trinajstić information content (AvgIpc) is 3.72. The van der Waals surface area contributed by atoms with Gasteiger partial charge >= 0.3 is 0 Å². The van der Waals surface area contributed by atoms with Gasteiger partial charge in [0.2, 0.25) is 0 Å². The summed E-state index contributed by atoms with van der Waals surface area (Å²) in [6.07, 6.45) is 8.95. The Labute approximate surface area is 390 Å². The molecule has 66 heavy (non-hydrogen) atoms. The van der Waals surface area contributed by atoms with Gasteiger partial charge in [0.1, 0.15) is 0 Å². The van der Waals surface area contributed by atoms with Crippen LogP contribution in [0, 0.1) is 0 Å². The highest BCUT2D eigenvalue weighted by Crippen LogP contribution is 2.52. The van der Waals surface area contributed by atoms with Crippen LogP contribution >= 0.6 is 0 Å². The maximum Gasteiger partial charge on any atom is 0.0465 e. The maximum atomic E-state index is 2.40. The third kappa shape index (κ3) is 7.35. The second-order valence-corrected chi connectivity index (χ2v) is 18.7. The number of rotatable bonds is 10. The SMILES string of the molecule is CC1(C)c2cc(/C=C/c3ccc(/C=C/c4ccc5c(c4)C(C)(C)c4cc(N(c6ccccc6)c6ccccc6)ccc4-5)cc3)ccc2-c2ccc(N(c3ccccc3)c3ccccc3)cc21. The Morgan fingerprint density at radius 1 is 0.258 bits per heavy atom. The van der Waals surface area contributed by atoms with Gasteiger partial charge in [-0.25, -0.2) is 0 Å². The minimum absolute atomic E-state index is 0.146. The van der Waals surface area contributed by atoms with Crippen LogP contribution in [-0.4, -0.2) is 0 Å². The van der Waals surface area contributed by atoms with Crippen molar-refractivity contribution in [2.24, 2.45) is 0 Å². The normalized spacial score (nSPS) is 13.9. The molecule has 0 saturated carbocycles. The quantitative estimate of drug-likeness (QED) is 0.127. The van der Waals surface area contributed by atoms with Gasteiger partial charge in [-0.2, -0.15) is 0 Å². The van der Waals surface area contributed by atoms with Crippen molar-refractivity contribution >= 4 is 58.4 Å². The largest absolute Gasteiger partial charge is 0.310 e. The zero-order chi connectivity index (χ0) is 44.8. The lowest BCUT2D eigenvalue weighted by Crippen LogP contribution is -2.16. The molecule has 2 nitrogen and oxygen atoms in total. The lowest BCUT2D eigenvalue weighted by Gasteiger charge is -2.28. The molecule has 318 valence electrons. The molecule has 0 aliphatic heterocycles. The van der Waals surface area contributed by atoms with Crippen molar-refractivity contribution in [1.29, 1.82) is 0 Å². The second-order valence-electron chi connectivity index (χ2n) is 18.7. The van der Waals surface area contributed by atoms with Crippen LogP contribution in [0.25, 0.3) is 46.6 Å². The van der Waals surface area contributed by atoms with E-state index in [1.165, 1.54) is 66.8 Å². The molecule has 0 spiro atoms. The molecule has 11 rings (SSSR count). The molecule has 2 heteroatoms. The van der Waals surface area contributed by atoms with Crippen molar-refractivity contribution in [3.8, 4) is 22.3 Å². The van der Waals surface area contributed by atoms with Crippen LogP contribution in [0.3, 0.4) is 0 Å². The van der Waals surface area contributed by atoms with E-state index in [-0.39, 0.29) is 10.8 Å². The minimum atomic E-state index is -0.146. The van der Waals surface area contributed by atoms with Crippen molar-refractivity contribution in [3.63, 3.8) is 0 Å². The molecule has 0 heterocycles. The third-order valence-corrected chi connectivity index (χ3v) is 13.8. The van der Waals surface area contributed by atoms with E-state index in [1.54, 1.807) is 0 Å². The van der Waals surface area contributed by atoms with Gasteiger partial charge < -0.3 is 9.80 Å². The lowest BCUT2D eigenvalue weighted by molar-refractivity contribution is 0.660. The molecule has 2 aliphatic carbocycles. The number of anilines is 6. The van der Waals surface area contributed by atoms with Crippen LogP contribution in [0.1, 0.15) is 72.2 Å². The summed E-state index contributed by atoms with van der Waals surface area (Å²) in [4.78, 5) is 4.70. The molecule has 0 radical (unpaired) electrons. The van der Waals surface area contributed by atoms with Gasteiger partial charge in [0.05, 0.1) is 0 Å². The van der Waals surface area contributed by atoms with Crippen molar-refractivity contribution < 1.29 is 0 Å². The fourth-order valence-electron chi connectivity index (χ4n) is 10.3. The van der Waals surface area contributed by atoms with E-state index >= 15 is 0 Å². The standard InChI is InChI=1S/C64H52N2/c1-63(2)59-41-47(33-37-55(59)57-39-35-53(43-61(57)63)65(49-17-9-5-10-18-49)50-19-11-6-12-20-50)31-29-45-25-27-46(28-26-45)30-32-48-34-38-56-58-40-36-54(44-62(58)64(3,4)60(56)42-48)66(51-21-13-7-14-22-51)52-23-15-8-16-24-52/h5-44H,1-4H3/b31-29+,32-30+. The predicted octanol–water partition coefficient (Wildman–Crippen LogP) is 17.6. The van der Waals surface area contributed by atoms with Crippen LogP contribution in [0.4, 0.5) is 34.1 Å². The fourth-order valence-corrected chi connectivity index (χ4v) is 10.3. The van der Waals surface area contributed by atoms with Crippen molar-refractivity contribution in [3.05, 3.63) is 263 Å². The summed E-state index contributed by atoms with van der Waals surface area (Å²) in [7, 11) is 0. The highest BCUT2D eigenvalue weighted by atomic mass is 15.1. The average molecular weight is 849 g/mol. The van der Waals surface area contributed by atoms with Crippen LogP contribution in [0.2, 0.25) is 0 Å². The summed E-state index contributed by atoms with van der Waals surface area (Å²) < 4.78 is 0. The summed E-state index contributed by atoms with van der Waals surface area (Å²) in [5.74, 6) is 0. The number of benzene rings is 9. The third-order valence-electron chi connectivity index (χ3n) is 13.8. The van der Waals surface area contributed by atoms with Gasteiger partial charge in [-0.05, 0) is 140 Å². The van der Waals surface area contributed by atoms with E-state index in [0.29, 0.717) is 0 Å². The van der Waals surface area contributed by atoms with Gasteiger partial charge in [-0.15, -0.1) is 0 Å². The molecule has 0 N–H and O–H groups in total. The second kappa shape index (κ2) is 16.6. The Balaban J connectivity index is 0.796. The number of hydrogen-bond acceptors (Lipinski definition) is 2. The first-order valence-corrected chi connectivity index (χ1v) is 23.1. The number of hydrogen-bond donors (Lipinski definition) is 0. The Morgan fingerprint density at radius 3 is 0.833 bits per heavy atom. The fraction of sp³-hybridized carbons (Fsp3) is 0.0938. The molecule has 0 unspecified atom stereocenters. The van der Waals surface area contributed by atoms with Gasteiger partial charge in [-0.1, -0.05) is 198 Å². The minimum Gasteiger partial charge on any atom is -0.310 e. The number of fused-ring (bicyclic) bond motifs is 6. The monoisotopic (exact) mass is 848 g/mol. The zero-order valence-corrected chi connectivity index (χ0v) is 38.0. The highest BCUT2D eigenvalue weighted by molar-refractivity contribution is 5.89. The summed E-state index contributed by atoms with van der Waals surface area (Å²) >= 11 is 0. The Kier molecular flexibility index (Phi) is 10.2. The predicted molar refractivity (Wildman–Crippen MR) is 282 cm³/mol. The first-order valence-electron chi connectivity index (χ1n) is 23.1. The van der Waals surface area contributed by atoms with Crippen LogP contribution in [0.15, 0.2) is 218 Å². The Hall–Kier alpha value is -7.94. The Morgan fingerprint density at radius 2 is 0.515 bits per heavy atom. The van der Waals surface area contributed by atoms with Crippen LogP contribution in [-0.2, 0) is 10.8 Å². The lowest BCUT2D eigenvalue weighted by atomic mass is 9.81. The van der Waals surface area contributed by atoms with E-state index in [0.717, 1.165) is 34.1 Å². The van der Waals surface area contributed by atoms with Crippen molar-refractivity contribution in [2.45, 2.75) is 38.5 Å². The zero-order valence-electron chi connectivity index (χ0n) is 38.0. The first kappa shape index (κ1) is 40.8. The summed E-state index contributed by atoms with van der Waals surface area (Å²) in [6.45, 7) is 9.45. The van der Waals surface area contributed by atoms with Crippen molar-refractivity contribution in [2.75, 3.05) is 9.80 Å². The molecule has 0 bridgehead atoms. The molecule has 0 amide bonds. The highest BCUT2D eigenvalue weighted by Gasteiger charge is 2.37. The molecule has 9 aromatic carbocycles. The first-order chi connectivity index (χ1) is 32.2. The van der Waals surface area contributed by atoms with Gasteiger partial charge in [0.25, 0.3) is 0 Å². The number of para-hydroxylation sites is 4. The summed E-state index contributed by atoms with van der Waals surface area (Å²) in [5, 5.41) is 0. The van der Waals surface area contributed by atoms with Crippen LogP contribution < -0.4 is 9.80 Å². The molecular weight excluding hydrogens is 797 g/mol. The van der Waals surface area contributed by atoms with E-state index < -0.39 is 0 Å². The van der Waals surface area contributed by atoms with Crippen LogP contribution in [0.5, 0.6) is 0 Å². The molecule has 0 saturated heterocycles. The van der Waals surface area contributed by atoms with E-state index in [4.69, 9.17) is 0 Å². The number of nitrogens with zero attached hydrogens (tertiary/aromatic N) is 2. The molecular formula is C64H52N2. The molecule has 0 aromatic heterocycles. The summed E-state index contributed by atoms with van der Waals surface area (Å²) in [6, 6.07) is 79.3. The molecule has 0 fully saturated rings. The smallest absolute Gasteiger partial charge is 0.0465 e. The topological polar surface area (TPSA) is 6.48 Å². The van der Waals surface area contributed by atoms with Gasteiger partial charge in [0.15, 0.2) is 0 Å². The Bertz CT molecular complexity index is 2970. The maximum absolute atomic E-state index is 2.40. The van der Waals surface area contributed by atoms with Gasteiger partial charge in [-0.3, -0.25) is 0 Å². The molecule has 2 aliphatic rings. The molecule has 9 aromatic rings. The van der Waals surface area contributed by atoms with E-state index in [2.05, 4.69) is 280 Å². The van der Waals surface area contributed by atoms with Gasteiger partial charge in [0, 0.05) is 45.0 Å². The van der Waals surface area contributed by atoms with E-state index in [1.807, 2.05) is 0 Å². The van der Waals surface area contributed by atoms with E-state index in [9.17, 15) is 0 Å². The van der Waals surface area contributed by atoms with Crippen molar-refractivity contribution in [1.82, 2.24) is 0 Å².